The maximum Gasteiger partial charge on any atom is 0.128 e. The molecule has 21 heavy (non-hydrogen) atoms. The first-order chi connectivity index (χ1) is 9.98. The first-order valence-corrected chi connectivity index (χ1v) is 8.04. The molecule has 4 heteroatoms. The van der Waals surface area contributed by atoms with Gasteiger partial charge >= 0.3 is 0 Å². The second-order valence-corrected chi connectivity index (χ2v) is 7.09. The summed E-state index contributed by atoms with van der Waals surface area (Å²) in [5.74, 6) is 1.67. The molecule has 2 rings (SSSR count). The summed E-state index contributed by atoms with van der Waals surface area (Å²) in [6.45, 7) is 9.76. The Hall–Kier alpha value is -1.13. The number of hydrogen-bond donors (Lipinski definition) is 2. The molecule has 0 amide bonds. The molecule has 2 N–H and O–H groups in total. The van der Waals surface area contributed by atoms with Crippen LogP contribution in [-0.2, 0) is 6.54 Å². The van der Waals surface area contributed by atoms with E-state index in [-0.39, 0.29) is 5.54 Å². The number of hydrogen-bond acceptors (Lipinski definition) is 4. The van der Waals surface area contributed by atoms with Crippen molar-refractivity contribution < 1.29 is 5.11 Å². The lowest BCUT2D eigenvalue weighted by Crippen LogP contribution is -2.36. The van der Waals surface area contributed by atoms with Crippen LogP contribution in [0.4, 0.5) is 5.82 Å². The minimum Gasteiger partial charge on any atom is -0.396 e. The fourth-order valence-electron chi connectivity index (χ4n) is 2.77. The topological polar surface area (TPSA) is 48.4 Å². The van der Waals surface area contributed by atoms with E-state index in [1.807, 2.05) is 6.20 Å². The third-order valence-corrected chi connectivity index (χ3v) is 4.01. The highest BCUT2D eigenvalue weighted by molar-refractivity contribution is 5.39. The molecule has 1 atom stereocenters. The number of anilines is 1. The zero-order valence-electron chi connectivity index (χ0n) is 13.6. The van der Waals surface area contributed by atoms with Gasteiger partial charge < -0.3 is 15.3 Å². The number of aliphatic hydroxyl groups is 1. The maximum atomic E-state index is 9.10. The van der Waals surface area contributed by atoms with E-state index in [1.165, 1.54) is 18.4 Å². The molecule has 0 aromatic carbocycles. The van der Waals surface area contributed by atoms with E-state index >= 15 is 0 Å². The van der Waals surface area contributed by atoms with Gasteiger partial charge in [-0.25, -0.2) is 4.98 Å². The maximum absolute atomic E-state index is 9.10. The molecule has 1 saturated heterocycles. The van der Waals surface area contributed by atoms with Crippen LogP contribution < -0.4 is 10.2 Å². The Labute approximate surface area is 128 Å². The molecule has 1 aliphatic rings. The van der Waals surface area contributed by atoms with Crippen molar-refractivity contribution in [3.63, 3.8) is 0 Å². The van der Waals surface area contributed by atoms with Crippen molar-refractivity contribution in [2.24, 2.45) is 5.92 Å². The molecular formula is C17H29N3O. The highest BCUT2D eigenvalue weighted by Crippen LogP contribution is 2.23. The van der Waals surface area contributed by atoms with Crippen LogP contribution in [0.3, 0.4) is 0 Å². The largest absolute Gasteiger partial charge is 0.396 e. The summed E-state index contributed by atoms with van der Waals surface area (Å²) in [6, 6.07) is 4.29. The van der Waals surface area contributed by atoms with Gasteiger partial charge in [-0.05, 0) is 57.6 Å². The summed E-state index contributed by atoms with van der Waals surface area (Å²) in [4.78, 5) is 6.97. The Morgan fingerprint density at radius 1 is 1.38 bits per heavy atom. The highest BCUT2D eigenvalue weighted by atomic mass is 16.3. The fraction of sp³-hybridized carbons (Fsp3) is 0.706. The number of pyridine rings is 1. The van der Waals surface area contributed by atoms with Crippen molar-refractivity contribution in [2.45, 2.75) is 52.1 Å². The third kappa shape index (κ3) is 5.29. The van der Waals surface area contributed by atoms with E-state index in [2.05, 4.69) is 48.1 Å². The number of aliphatic hydroxyl groups excluding tert-OH is 1. The molecule has 0 bridgehead atoms. The van der Waals surface area contributed by atoms with Gasteiger partial charge in [-0.2, -0.15) is 0 Å². The van der Waals surface area contributed by atoms with Crippen LogP contribution in [0.2, 0.25) is 0 Å². The summed E-state index contributed by atoms with van der Waals surface area (Å²) in [5, 5.41) is 12.6. The van der Waals surface area contributed by atoms with E-state index in [9.17, 15) is 0 Å². The molecule has 1 aromatic heterocycles. The molecule has 0 radical (unpaired) electrons. The molecule has 0 aliphatic carbocycles. The van der Waals surface area contributed by atoms with E-state index in [0.717, 1.165) is 31.9 Å². The number of nitrogens with zero attached hydrogens (tertiary/aromatic N) is 2. The molecule has 2 heterocycles. The zero-order valence-corrected chi connectivity index (χ0v) is 13.6. The van der Waals surface area contributed by atoms with Crippen LogP contribution in [0, 0.1) is 5.92 Å². The van der Waals surface area contributed by atoms with Gasteiger partial charge in [0.2, 0.25) is 0 Å². The van der Waals surface area contributed by atoms with Gasteiger partial charge in [0.05, 0.1) is 0 Å². The van der Waals surface area contributed by atoms with Gasteiger partial charge in [0.25, 0.3) is 0 Å². The summed E-state index contributed by atoms with van der Waals surface area (Å²) in [6.07, 6.45) is 5.30. The SMILES string of the molecule is CC(C)(C)NCc1ccc(N2CCCC(CCO)C2)nc1. The molecule has 4 nitrogen and oxygen atoms in total. The number of aromatic nitrogens is 1. The van der Waals surface area contributed by atoms with Gasteiger partial charge in [0.1, 0.15) is 5.82 Å². The smallest absolute Gasteiger partial charge is 0.128 e. The number of rotatable bonds is 5. The quantitative estimate of drug-likeness (QED) is 0.875. The first-order valence-electron chi connectivity index (χ1n) is 8.04. The number of piperidine rings is 1. The van der Waals surface area contributed by atoms with Crippen molar-refractivity contribution in [1.29, 1.82) is 0 Å². The van der Waals surface area contributed by atoms with Crippen LogP contribution in [0.5, 0.6) is 0 Å². The Balaban J connectivity index is 1.92. The van der Waals surface area contributed by atoms with Crippen LogP contribution in [-0.4, -0.2) is 35.3 Å². The predicted molar refractivity (Wildman–Crippen MR) is 87.5 cm³/mol. The lowest BCUT2D eigenvalue weighted by molar-refractivity contribution is 0.244. The molecule has 0 saturated carbocycles. The van der Waals surface area contributed by atoms with Crippen LogP contribution in [0.1, 0.15) is 45.6 Å². The molecule has 1 aliphatic heterocycles. The Morgan fingerprint density at radius 3 is 2.81 bits per heavy atom. The molecule has 1 fully saturated rings. The van der Waals surface area contributed by atoms with Crippen molar-refractivity contribution in [3.05, 3.63) is 23.9 Å². The predicted octanol–water partition coefficient (Wildman–Crippen LogP) is 2.57. The van der Waals surface area contributed by atoms with Crippen molar-refractivity contribution in [3.8, 4) is 0 Å². The minimum atomic E-state index is 0.128. The fourth-order valence-corrected chi connectivity index (χ4v) is 2.77. The molecule has 1 aromatic rings. The van der Waals surface area contributed by atoms with Crippen molar-refractivity contribution in [2.75, 3.05) is 24.6 Å². The van der Waals surface area contributed by atoms with Crippen molar-refractivity contribution >= 4 is 5.82 Å². The standard InChI is InChI=1S/C17H29N3O/c1-17(2,3)19-12-15-6-7-16(18-11-15)20-9-4-5-14(13-20)8-10-21/h6-7,11,14,19,21H,4-5,8-10,12-13H2,1-3H3. The summed E-state index contributed by atoms with van der Waals surface area (Å²) in [7, 11) is 0. The normalized spacial score (nSPS) is 19.8. The van der Waals surface area contributed by atoms with E-state index in [1.54, 1.807) is 0 Å². The molecule has 118 valence electrons. The van der Waals surface area contributed by atoms with Crippen LogP contribution in [0.15, 0.2) is 18.3 Å². The first kappa shape index (κ1) is 16.2. The lowest BCUT2D eigenvalue weighted by Gasteiger charge is -2.33. The van der Waals surface area contributed by atoms with Crippen LogP contribution in [0.25, 0.3) is 0 Å². The summed E-state index contributed by atoms with van der Waals surface area (Å²) < 4.78 is 0. The third-order valence-electron chi connectivity index (χ3n) is 4.01. The Kier molecular flexibility index (Phi) is 5.59. The summed E-state index contributed by atoms with van der Waals surface area (Å²) >= 11 is 0. The van der Waals surface area contributed by atoms with E-state index in [0.29, 0.717) is 12.5 Å². The molecular weight excluding hydrogens is 262 g/mol. The molecule has 1 unspecified atom stereocenters. The van der Waals surface area contributed by atoms with Gasteiger partial charge in [-0.3, -0.25) is 0 Å². The Morgan fingerprint density at radius 2 is 2.19 bits per heavy atom. The van der Waals surface area contributed by atoms with Crippen LogP contribution >= 0.6 is 0 Å². The summed E-state index contributed by atoms with van der Waals surface area (Å²) in [5.41, 5.74) is 1.35. The monoisotopic (exact) mass is 291 g/mol. The lowest BCUT2D eigenvalue weighted by atomic mass is 9.95. The highest BCUT2D eigenvalue weighted by Gasteiger charge is 2.20. The number of nitrogens with one attached hydrogen (secondary N) is 1. The van der Waals surface area contributed by atoms with Gasteiger partial charge in [0.15, 0.2) is 0 Å². The van der Waals surface area contributed by atoms with E-state index < -0.39 is 0 Å². The minimum absolute atomic E-state index is 0.128. The zero-order chi connectivity index (χ0) is 15.3. The van der Waals surface area contributed by atoms with Gasteiger partial charge in [-0.15, -0.1) is 0 Å². The van der Waals surface area contributed by atoms with Gasteiger partial charge in [0, 0.05) is 38.0 Å². The molecule has 0 spiro atoms. The van der Waals surface area contributed by atoms with E-state index in [4.69, 9.17) is 5.11 Å². The van der Waals surface area contributed by atoms with Crippen molar-refractivity contribution in [1.82, 2.24) is 10.3 Å². The second-order valence-electron chi connectivity index (χ2n) is 7.09. The Bertz CT molecular complexity index is 423. The average Bonchev–Trinajstić information content (AvgIpc) is 2.46. The second kappa shape index (κ2) is 7.23. The van der Waals surface area contributed by atoms with Gasteiger partial charge in [-0.1, -0.05) is 6.07 Å². The average molecular weight is 291 g/mol.